The van der Waals surface area contributed by atoms with Crippen molar-refractivity contribution < 1.29 is 4.74 Å². The number of rotatable bonds is 6. The molecule has 2 rings (SSSR count). The van der Waals surface area contributed by atoms with Crippen LogP contribution in [0.2, 0.25) is 0 Å². The maximum atomic E-state index is 9.13. The van der Waals surface area contributed by atoms with E-state index < -0.39 is 0 Å². The topological polar surface area (TPSA) is 57.9 Å². The minimum Gasteiger partial charge on any atom is -0.494 e. The van der Waals surface area contributed by atoms with Gasteiger partial charge in [0.25, 0.3) is 0 Å². The first kappa shape index (κ1) is 14.9. The highest BCUT2D eigenvalue weighted by molar-refractivity contribution is 5.65. The standard InChI is InChI=1S/C17H19N3O/c1-3-11-19-17-14(12-18)7-10-16(20-17)13-5-8-15(9-6-13)21-4-2/h5-10H,3-4,11H2,1-2H3,(H,19,20). The molecule has 0 fully saturated rings. The lowest BCUT2D eigenvalue weighted by molar-refractivity contribution is 0.340. The van der Waals surface area contributed by atoms with Crippen molar-refractivity contribution in [1.82, 2.24) is 4.98 Å². The van der Waals surface area contributed by atoms with Crippen LogP contribution in [0.4, 0.5) is 5.82 Å². The first-order chi connectivity index (χ1) is 10.3. The van der Waals surface area contributed by atoms with Crippen LogP contribution in [0, 0.1) is 11.3 Å². The quantitative estimate of drug-likeness (QED) is 0.874. The molecule has 0 amide bonds. The molecule has 21 heavy (non-hydrogen) atoms. The molecule has 0 atom stereocenters. The van der Waals surface area contributed by atoms with Gasteiger partial charge in [0.15, 0.2) is 0 Å². The lowest BCUT2D eigenvalue weighted by Crippen LogP contribution is -2.04. The Labute approximate surface area is 125 Å². The number of nitrogens with zero attached hydrogens (tertiary/aromatic N) is 2. The fourth-order valence-corrected chi connectivity index (χ4v) is 1.98. The Balaban J connectivity index is 2.29. The normalized spacial score (nSPS) is 9.95. The van der Waals surface area contributed by atoms with E-state index in [9.17, 15) is 0 Å². The summed E-state index contributed by atoms with van der Waals surface area (Å²) in [5, 5.41) is 12.3. The molecule has 1 aromatic carbocycles. The molecule has 0 saturated carbocycles. The number of anilines is 1. The summed E-state index contributed by atoms with van der Waals surface area (Å²) in [7, 11) is 0. The predicted molar refractivity (Wildman–Crippen MR) is 84.3 cm³/mol. The summed E-state index contributed by atoms with van der Waals surface area (Å²) in [6.07, 6.45) is 0.986. The van der Waals surface area contributed by atoms with Gasteiger partial charge in [0, 0.05) is 12.1 Å². The molecule has 4 nitrogen and oxygen atoms in total. The number of aromatic nitrogens is 1. The Hall–Kier alpha value is -2.54. The fraction of sp³-hybridized carbons (Fsp3) is 0.294. The second-order valence-corrected chi connectivity index (χ2v) is 4.59. The van der Waals surface area contributed by atoms with Gasteiger partial charge in [0.1, 0.15) is 17.6 Å². The van der Waals surface area contributed by atoms with Gasteiger partial charge >= 0.3 is 0 Å². The second kappa shape index (κ2) is 7.30. The van der Waals surface area contributed by atoms with Gasteiger partial charge in [-0.2, -0.15) is 5.26 Å². The largest absolute Gasteiger partial charge is 0.494 e. The molecule has 0 spiro atoms. The number of nitriles is 1. The highest BCUT2D eigenvalue weighted by Gasteiger charge is 2.07. The monoisotopic (exact) mass is 281 g/mol. The Morgan fingerprint density at radius 1 is 1.14 bits per heavy atom. The minimum atomic E-state index is 0.568. The molecule has 0 bridgehead atoms. The van der Waals surface area contributed by atoms with E-state index in [2.05, 4.69) is 23.3 Å². The number of hydrogen-bond acceptors (Lipinski definition) is 4. The van der Waals surface area contributed by atoms with Crippen LogP contribution in [-0.2, 0) is 0 Å². The minimum absolute atomic E-state index is 0.568. The third-order valence-corrected chi connectivity index (χ3v) is 3.02. The van der Waals surface area contributed by atoms with Gasteiger partial charge in [-0.05, 0) is 49.7 Å². The van der Waals surface area contributed by atoms with Gasteiger partial charge in [-0.3, -0.25) is 0 Å². The van der Waals surface area contributed by atoms with Crippen molar-refractivity contribution in [3.63, 3.8) is 0 Å². The molecule has 1 heterocycles. The smallest absolute Gasteiger partial charge is 0.144 e. The molecule has 2 aromatic rings. The molecule has 0 unspecified atom stereocenters. The first-order valence-corrected chi connectivity index (χ1v) is 7.16. The number of nitrogens with one attached hydrogen (secondary N) is 1. The van der Waals surface area contributed by atoms with Crippen molar-refractivity contribution >= 4 is 5.82 Å². The molecule has 0 radical (unpaired) electrons. The van der Waals surface area contributed by atoms with E-state index in [-0.39, 0.29) is 0 Å². The second-order valence-electron chi connectivity index (χ2n) is 4.59. The molecule has 0 aliphatic rings. The molecule has 0 saturated heterocycles. The number of pyridine rings is 1. The number of hydrogen-bond donors (Lipinski definition) is 1. The van der Waals surface area contributed by atoms with Gasteiger partial charge in [0.2, 0.25) is 0 Å². The van der Waals surface area contributed by atoms with E-state index in [1.165, 1.54) is 0 Å². The Morgan fingerprint density at radius 2 is 1.90 bits per heavy atom. The van der Waals surface area contributed by atoms with E-state index >= 15 is 0 Å². The van der Waals surface area contributed by atoms with Gasteiger partial charge in [-0.1, -0.05) is 6.92 Å². The molecule has 1 aromatic heterocycles. The van der Waals surface area contributed by atoms with Crippen LogP contribution in [0.3, 0.4) is 0 Å². The van der Waals surface area contributed by atoms with Crippen molar-refractivity contribution in [2.45, 2.75) is 20.3 Å². The lowest BCUT2D eigenvalue weighted by atomic mass is 10.1. The molecular formula is C17H19N3O. The zero-order chi connectivity index (χ0) is 15.1. The highest BCUT2D eigenvalue weighted by Crippen LogP contribution is 2.23. The number of ether oxygens (including phenoxy) is 1. The van der Waals surface area contributed by atoms with Crippen LogP contribution in [-0.4, -0.2) is 18.1 Å². The van der Waals surface area contributed by atoms with Crippen molar-refractivity contribution in [1.29, 1.82) is 5.26 Å². The summed E-state index contributed by atoms with van der Waals surface area (Å²) in [5.74, 6) is 1.49. The summed E-state index contributed by atoms with van der Waals surface area (Å²) < 4.78 is 5.43. The van der Waals surface area contributed by atoms with Gasteiger partial charge < -0.3 is 10.1 Å². The van der Waals surface area contributed by atoms with E-state index in [0.717, 1.165) is 30.0 Å². The molecular weight excluding hydrogens is 262 g/mol. The van der Waals surface area contributed by atoms with E-state index in [4.69, 9.17) is 10.00 Å². The van der Waals surface area contributed by atoms with Crippen molar-refractivity contribution in [3.8, 4) is 23.1 Å². The number of benzene rings is 1. The Bertz CT molecular complexity index is 629. The van der Waals surface area contributed by atoms with Gasteiger partial charge in [0.05, 0.1) is 17.9 Å². The van der Waals surface area contributed by atoms with Crippen LogP contribution in [0.1, 0.15) is 25.8 Å². The average Bonchev–Trinajstić information content (AvgIpc) is 2.53. The third-order valence-electron chi connectivity index (χ3n) is 3.02. The van der Waals surface area contributed by atoms with Crippen LogP contribution in [0.15, 0.2) is 36.4 Å². The lowest BCUT2D eigenvalue weighted by Gasteiger charge is -2.09. The van der Waals surface area contributed by atoms with Crippen molar-refractivity contribution in [2.75, 3.05) is 18.5 Å². The zero-order valence-electron chi connectivity index (χ0n) is 12.4. The van der Waals surface area contributed by atoms with E-state index in [1.807, 2.05) is 37.3 Å². The van der Waals surface area contributed by atoms with Crippen LogP contribution >= 0.6 is 0 Å². The molecule has 108 valence electrons. The summed E-state index contributed by atoms with van der Waals surface area (Å²) >= 11 is 0. The zero-order valence-corrected chi connectivity index (χ0v) is 12.4. The molecule has 1 N–H and O–H groups in total. The predicted octanol–water partition coefficient (Wildman–Crippen LogP) is 3.84. The van der Waals surface area contributed by atoms with Crippen LogP contribution in [0.25, 0.3) is 11.3 Å². The SMILES string of the molecule is CCCNc1nc(-c2ccc(OCC)cc2)ccc1C#N. The summed E-state index contributed by atoms with van der Waals surface area (Å²) in [5.41, 5.74) is 2.41. The molecule has 0 aliphatic carbocycles. The molecule has 0 aliphatic heterocycles. The fourth-order valence-electron chi connectivity index (χ4n) is 1.98. The Morgan fingerprint density at radius 3 is 2.52 bits per heavy atom. The van der Waals surface area contributed by atoms with Crippen LogP contribution in [0.5, 0.6) is 5.75 Å². The highest BCUT2D eigenvalue weighted by atomic mass is 16.5. The van der Waals surface area contributed by atoms with Crippen molar-refractivity contribution in [2.24, 2.45) is 0 Å². The van der Waals surface area contributed by atoms with Gasteiger partial charge in [-0.25, -0.2) is 4.98 Å². The van der Waals surface area contributed by atoms with Crippen molar-refractivity contribution in [3.05, 3.63) is 42.0 Å². The van der Waals surface area contributed by atoms with Crippen LogP contribution < -0.4 is 10.1 Å². The average molecular weight is 281 g/mol. The Kier molecular flexibility index (Phi) is 5.16. The summed E-state index contributed by atoms with van der Waals surface area (Å²) in [6.45, 7) is 5.49. The molecule has 4 heteroatoms. The summed E-state index contributed by atoms with van der Waals surface area (Å²) in [6, 6.07) is 13.6. The maximum Gasteiger partial charge on any atom is 0.144 e. The van der Waals surface area contributed by atoms with Gasteiger partial charge in [-0.15, -0.1) is 0 Å². The van der Waals surface area contributed by atoms with E-state index in [1.54, 1.807) is 6.07 Å². The first-order valence-electron chi connectivity index (χ1n) is 7.16. The van der Waals surface area contributed by atoms with E-state index in [0.29, 0.717) is 18.0 Å². The summed E-state index contributed by atoms with van der Waals surface area (Å²) in [4.78, 5) is 4.55. The third kappa shape index (κ3) is 3.73. The maximum absolute atomic E-state index is 9.13.